The first-order chi connectivity index (χ1) is 15.9. The molecule has 7 heteroatoms. The van der Waals surface area contributed by atoms with Gasteiger partial charge in [-0.25, -0.2) is 14.8 Å². The fourth-order valence-corrected chi connectivity index (χ4v) is 4.27. The van der Waals surface area contributed by atoms with Crippen molar-refractivity contribution < 1.29 is 0 Å². The molecule has 3 aromatic heterocycles. The van der Waals surface area contributed by atoms with Gasteiger partial charge in [-0.3, -0.25) is 13.8 Å². The van der Waals surface area contributed by atoms with E-state index in [9.17, 15) is 4.79 Å². The third kappa shape index (κ3) is 3.65. The van der Waals surface area contributed by atoms with Crippen LogP contribution in [0, 0.1) is 0 Å². The van der Waals surface area contributed by atoms with Gasteiger partial charge in [-0.1, -0.05) is 62.4 Å². The van der Waals surface area contributed by atoms with Gasteiger partial charge < -0.3 is 0 Å². The number of aryl methyl sites for hydroxylation is 2. The normalized spacial score (nSPS) is 11.5. The molecule has 3 heterocycles. The van der Waals surface area contributed by atoms with E-state index in [-0.39, 0.29) is 5.69 Å². The van der Waals surface area contributed by atoms with Gasteiger partial charge in [0.05, 0.1) is 18.4 Å². The standard InChI is InChI=1S/C26H26N6O/c1-17(2)20-7-5-6-8-21(20)24-27-15-23-25(29-24)32(26(33)30(23)3)16-18-9-11-19(12-10-18)22-13-14-28-31(22)4/h5-15,17H,16H2,1-4H3. The van der Waals surface area contributed by atoms with E-state index in [4.69, 9.17) is 4.98 Å². The van der Waals surface area contributed by atoms with Crippen molar-refractivity contribution in [3.05, 3.63) is 88.6 Å². The van der Waals surface area contributed by atoms with Crippen LogP contribution >= 0.6 is 0 Å². The van der Waals surface area contributed by atoms with Gasteiger partial charge in [0, 0.05) is 25.9 Å². The largest absolute Gasteiger partial charge is 0.330 e. The highest BCUT2D eigenvalue weighted by atomic mass is 16.1. The average molecular weight is 439 g/mol. The lowest BCUT2D eigenvalue weighted by Gasteiger charge is -2.11. The Morgan fingerprint density at radius 2 is 1.73 bits per heavy atom. The summed E-state index contributed by atoms with van der Waals surface area (Å²) in [6, 6.07) is 18.4. The first-order valence-corrected chi connectivity index (χ1v) is 11.0. The predicted molar refractivity (Wildman–Crippen MR) is 130 cm³/mol. The van der Waals surface area contributed by atoms with Crippen LogP contribution in [0.4, 0.5) is 0 Å². The summed E-state index contributed by atoms with van der Waals surface area (Å²) in [7, 11) is 3.69. The van der Waals surface area contributed by atoms with Crippen LogP contribution in [-0.2, 0) is 20.6 Å². The summed E-state index contributed by atoms with van der Waals surface area (Å²) in [4.78, 5) is 22.5. The number of imidazole rings is 1. The van der Waals surface area contributed by atoms with Crippen LogP contribution in [0.2, 0.25) is 0 Å². The summed E-state index contributed by atoms with van der Waals surface area (Å²) in [6.45, 7) is 4.75. The number of hydrogen-bond acceptors (Lipinski definition) is 4. The molecule has 33 heavy (non-hydrogen) atoms. The van der Waals surface area contributed by atoms with Crippen molar-refractivity contribution in [2.24, 2.45) is 14.1 Å². The Balaban J connectivity index is 1.56. The van der Waals surface area contributed by atoms with E-state index >= 15 is 0 Å². The molecule has 166 valence electrons. The third-order valence-corrected chi connectivity index (χ3v) is 6.12. The van der Waals surface area contributed by atoms with E-state index in [0.29, 0.717) is 23.9 Å². The van der Waals surface area contributed by atoms with Crippen LogP contribution in [0.3, 0.4) is 0 Å². The molecule has 0 bridgehead atoms. The van der Waals surface area contributed by atoms with E-state index in [1.54, 1.807) is 28.6 Å². The highest BCUT2D eigenvalue weighted by Crippen LogP contribution is 2.27. The van der Waals surface area contributed by atoms with Crippen molar-refractivity contribution in [2.75, 3.05) is 0 Å². The summed E-state index contributed by atoms with van der Waals surface area (Å²) in [5, 5.41) is 4.24. The number of fused-ring (bicyclic) bond motifs is 1. The Morgan fingerprint density at radius 3 is 2.42 bits per heavy atom. The number of rotatable bonds is 5. The van der Waals surface area contributed by atoms with Crippen molar-refractivity contribution >= 4 is 11.2 Å². The Bertz CT molecular complexity index is 1500. The van der Waals surface area contributed by atoms with Gasteiger partial charge in [-0.05, 0) is 28.7 Å². The van der Waals surface area contributed by atoms with E-state index in [1.165, 1.54) is 5.56 Å². The van der Waals surface area contributed by atoms with Crippen molar-refractivity contribution in [2.45, 2.75) is 26.3 Å². The highest BCUT2D eigenvalue weighted by Gasteiger charge is 2.17. The van der Waals surface area contributed by atoms with Gasteiger partial charge in [0.1, 0.15) is 5.52 Å². The molecule has 0 aliphatic heterocycles. The topological polar surface area (TPSA) is 70.5 Å². The van der Waals surface area contributed by atoms with Crippen LogP contribution < -0.4 is 5.69 Å². The minimum absolute atomic E-state index is 0.107. The summed E-state index contributed by atoms with van der Waals surface area (Å²) in [6.07, 6.45) is 3.53. The zero-order valence-electron chi connectivity index (χ0n) is 19.2. The Labute approximate surface area is 192 Å². The van der Waals surface area contributed by atoms with Crippen LogP contribution in [0.5, 0.6) is 0 Å². The molecule has 0 fully saturated rings. The molecule has 0 N–H and O–H groups in total. The Kier molecular flexibility index (Phi) is 5.17. The molecule has 0 radical (unpaired) electrons. The molecule has 5 rings (SSSR count). The molecule has 0 saturated heterocycles. The second kappa shape index (κ2) is 8.16. The van der Waals surface area contributed by atoms with E-state index in [1.807, 2.05) is 48.1 Å². The Morgan fingerprint density at radius 1 is 0.970 bits per heavy atom. The second-order valence-corrected chi connectivity index (χ2v) is 8.61. The van der Waals surface area contributed by atoms with Gasteiger partial charge in [-0.2, -0.15) is 5.10 Å². The Hall–Kier alpha value is -4.00. The molecular weight excluding hydrogens is 412 g/mol. The third-order valence-electron chi connectivity index (χ3n) is 6.12. The molecular formula is C26H26N6O. The zero-order chi connectivity index (χ0) is 23.1. The van der Waals surface area contributed by atoms with Crippen LogP contribution in [0.15, 0.2) is 71.8 Å². The van der Waals surface area contributed by atoms with E-state index in [2.05, 4.69) is 42.1 Å². The fraction of sp³-hybridized carbons (Fsp3) is 0.231. The van der Waals surface area contributed by atoms with Crippen LogP contribution in [0.1, 0.15) is 30.9 Å². The predicted octanol–water partition coefficient (Wildman–Crippen LogP) is 4.37. The smallest absolute Gasteiger partial charge is 0.292 e. The maximum atomic E-state index is 13.1. The van der Waals surface area contributed by atoms with Crippen LogP contribution in [-0.4, -0.2) is 28.9 Å². The molecule has 0 spiro atoms. The average Bonchev–Trinajstić information content (AvgIpc) is 3.36. The monoisotopic (exact) mass is 438 g/mol. The van der Waals surface area contributed by atoms with Crippen LogP contribution in [0.25, 0.3) is 33.8 Å². The number of benzene rings is 2. The molecule has 0 saturated carbocycles. The molecule has 0 unspecified atom stereocenters. The van der Waals surface area contributed by atoms with Crippen molar-refractivity contribution in [1.29, 1.82) is 0 Å². The lowest BCUT2D eigenvalue weighted by Crippen LogP contribution is -2.22. The summed E-state index contributed by atoms with van der Waals surface area (Å²) >= 11 is 0. The second-order valence-electron chi connectivity index (χ2n) is 8.61. The maximum absolute atomic E-state index is 13.1. The molecule has 0 aliphatic rings. The maximum Gasteiger partial charge on any atom is 0.330 e. The first kappa shape index (κ1) is 20.9. The summed E-state index contributed by atoms with van der Waals surface area (Å²) < 4.78 is 5.17. The van der Waals surface area contributed by atoms with Gasteiger partial charge in [0.25, 0.3) is 0 Å². The lowest BCUT2D eigenvalue weighted by atomic mass is 9.97. The van der Waals surface area contributed by atoms with Crippen molar-refractivity contribution in [1.82, 2.24) is 28.9 Å². The molecule has 0 atom stereocenters. The highest BCUT2D eigenvalue weighted by molar-refractivity contribution is 5.74. The van der Waals surface area contributed by atoms with Crippen molar-refractivity contribution in [3.8, 4) is 22.6 Å². The lowest BCUT2D eigenvalue weighted by molar-refractivity contribution is 0.731. The minimum atomic E-state index is -0.107. The molecule has 7 nitrogen and oxygen atoms in total. The molecule has 5 aromatic rings. The molecule has 2 aromatic carbocycles. The number of aromatic nitrogens is 6. The van der Waals surface area contributed by atoms with E-state index < -0.39 is 0 Å². The van der Waals surface area contributed by atoms with Gasteiger partial charge in [-0.15, -0.1) is 0 Å². The number of nitrogens with zero attached hydrogens (tertiary/aromatic N) is 6. The minimum Gasteiger partial charge on any atom is -0.292 e. The van der Waals surface area contributed by atoms with Crippen molar-refractivity contribution in [3.63, 3.8) is 0 Å². The first-order valence-electron chi connectivity index (χ1n) is 11.0. The van der Waals surface area contributed by atoms with E-state index in [0.717, 1.165) is 27.9 Å². The fourth-order valence-electron chi connectivity index (χ4n) is 4.27. The van der Waals surface area contributed by atoms with Gasteiger partial charge in [0.2, 0.25) is 0 Å². The van der Waals surface area contributed by atoms with Gasteiger partial charge >= 0.3 is 5.69 Å². The number of hydrogen-bond donors (Lipinski definition) is 0. The summed E-state index contributed by atoms with van der Waals surface area (Å²) in [5.41, 5.74) is 6.59. The quantitative estimate of drug-likeness (QED) is 0.409. The molecule has 0 aliphatic carbocycles. The molecule has 0 amide bonds. The summed E-state index contributed by atoms with van der Waals surface area (Å²) in [5.74, 6) is 0.981. The zero-order valence-corrected chi connectivity index (χ0v) is 19.2. The SMILES string of the molecule is CC(C)c1ccccc1-c1ncc2c(n1)n(Cc1ccc(-c3ccnn3C)cc1)c(=O)n2C. The van der Waals surface area contributed by atoms with Gasteiger partial charge in [0.15, 0.2) is 11.5 Å².